The van der Waals surface area contributed by atoms with Crippen molar-refractivity contribution in [3.05, 3.63) is 63.7 Å². The number of anilines is 2. The van der Waals surface area contributed by atoms with Crippen LogP contribution in [0.4, 0.5) is 25.8 Å². The van der Waals surface area contributed by atoms with Gasteiger partial charge in [-0.15, -0.1) is 0 Å². The van der Waals surface area contributed by atoms with Crippen molar-refractivity contribution < 1.29 is 18.5 Å². The molecule has 0 bridgehead atoms. The molecule has 0 spiro atoms. The Bertz CT molecular complexity index is 735. The van der Waals surface area contributed by atoms with Gasteiger partial charge in [-0.25, -0.2) is 8.78 Å². The maximum Gasteiger partial charge on any atom is 0.274 e. The quantitative estimate of drug-likeness (QED) is 0.516. The zero-order valence-electron chi connectivity index (χ0n) is 10.5. The van der Waals surface area contributed by atoms with E-state index in [2.05, 4.69) is 5.32 Å². The number of rotatable bonds is 3. The van der Waals surface area contributed by atoms with Crippen LogP contribution in [0.1, 0.15) is 10.4 Å². The van der Waals surface area contributed by atoms with Gasteiger partial charge >= 0.3 is 0 Å². The molecule has 0 aliphatic heterocycles. The van der Waals surface area contributed by atoms with Gasteiger partial charge in [0.1, 0.15) is 11.6 Å². The number of nitrogens with zero attached hydrogens (tertiary/aromatic N) is 1. The minimum absolute atomic E-state index is 0.0247. The summed E-state index contributed by atoms with van der Waals surface area (Å²) in [5, 5.41) is 12.9. The topological polar surface area (TPSA) is 98.3 Å². The number of carbonyl (C=O) groups excluding carboxylic acids is 1. The molecule has 0 aliphatic rings. The van der Waals surface area contributed by atoms with Crippen LogP contribution >= 0.6 is 0 Å². The second-order valence-corrected chi connectivity index (χ2v) is 4.14. The van der Waals surface area contributed by atoms with E-state index in [0.29, 0.717) is 0 Å². The first-order valence-electron chi connectivity index (χ1n) is 5.68. The number of nitro groups is 1. The van der Waals surface area contributed by atoms with E-state index in [9.17, 15) is 23.7 Å². The fraction of sp³-hybridized carbons (Fsp3) is 0. The third kappa shape index (κ3) is 3.30. The van der Waals surface area contributed by atoms with E-state index in [1.807, 2.05) is 0 Å². The van der Waals surface area contributed by atoms with Gasteiger partial charge in [0.05, 0.1) is 22.2 Å². The summed E-state index contributed by atoms with van der Waals surface area (Å²) in [6.45, 7) is 0. The predicted octanol–water partition coefficient (Wildman–Crippen LogP) is 2.71. The van der Waals surface area contributed by atoms with Crippen molar-refractivity contribution >= 4 is 23.0 Å². The van der Waals surface area contributed by atoms with Gasteiger partial charge in [0.2, 0.25) is 0 Å². The van der Waals surface area contributed by atoms with Crippen molar-refractivity contribution in [2.45, 2.75) is 0 Å². The highest BCUT2D eigenvalue weighted by molar-refractivity contribution is 6.07. The van der Waals surface area contributed by atoms with Gasteiger partial charge < -0.3 is 11.1 Å². The standard InChI is InChI=1S/C13H9F2N3O3/c14-7-1-2-11(12(16)5-7)13(19)17-9-3-8(15)4-10(6-9)18(20)21/h1-6H,16H2,(H,17,19). The van der Waals surface area contributed by atoms with E-state index >= 15 is 0 Å². The third-order valence-corrected chi connectivity index (χ3v) is 2.61. The molecule has 0 heterocycles. The third-order valence-electron chi connectivity index (χ3n) is 2.61. The lowest BCUT2D eigenvalue weighted by atomic mass is 10.1. The van der Waals surface area contributed by atoms with Crippen molar-refractivity contribution in [1.29, 1.82) is 0 Å². The second-order valence-electron chi connectivity index (χ2n) is 4.14. The SMILES string of the molecule is Nc1cc(F)ccc1C(=O)Nc1cc(F)cc([N+](=O)[O-])c1. The molecule has 2 aromatic carbocycles. The first-order valence-corrected chi connectivity index (χ1v) is 5.68. The highest BCUT2D eigenvalue weighted by atomic mass is 19.1. The molecule has 0 fully saturated rings. The van der Waals surface area contributed by atoms with Crippen LogP contribution in [0.5, 0.6) is 0 Å². The average molecular weight is 293 g/mol. The van der Waals surface area contributed by atoms with Crippen molar-refractivity contribution in [3.63, 3.8) is 0 Å². The molecule has 108 valence electrons. The summed E-state index contributed by atoms with van der Waals surface area (Å²) in [6, 6.07) is 5.81. The zero-order chi connectivity index (χ0) is 15.6. The molecule has 2 aromatic rings. The molecule has 8 heteroatoms. The number of benzene rings is 2. The van der Waals surface area contributed by atoms with E-state index in [4.69, 9.17) is 5.73 Å². The Balaban J connectivity index is 2.29. The summed E-state index contributed by atoms with van der Waals surface area (Å²) in [4.78, 5) is 21.8. The van der Waals surface area contributed by atoms with Crippen LogP contribution in [0.15, 0.2) is 36.4 Å². The lowest BCUT2D eigenvalue weighted by Gasteiger charge is -2.07. The van der Waals surface area contributed by atoms with Crippen molar-refractivity contribution in [2.24, 2.45) is 0 Å². The summed E-state index contributed by atoms with van der Waals surface area (Å²) >= 11 is 0. The molecule has 2 rings (SSSR count). The number of halogens is 2. The van der Waals surface area contributed by atoms with Crippen LogP contribution in [-0.2, 0) is 0 Å². The predicted molar refractivity (Wildman–Crippen MR) is 71.8 cm³/mol. The lowest BCUT2D eigenvalue weighted by Crippen LogP contribution is -2.14. The molecule has 0 aromatic heterocycles. The van der Waals surface area contributed by atoms with Gasteiger partial charge in [-0.05, 0) is 24.3 Å². The Kier molecular flexibility index (Phi) is 3.79. The molecule has 0 saturated carbocycles. The van der Waals surface area contributed by atoms with E-state index in [-0.39, 0.29) is 16.9 Å². The molecule has 0 saturated heterocycles. The smallest absolute Gasteiger partial charge is 0.274 e. The first-order chi connectivity index (χ1) is 9.86. The normalized spacial score (nSPS) is 10.2. The minimum atomic E-state index is -0.869. The van der Waals surface area contributed by atoms with Crippen molar-refractivity contribution in [3.8, 4) is 0 Å². The maximum absolute atomic E-state index is 13.2. The molecule has 21 heavy (non-hydrogen) atoms. The van der Waals surface area contributed by atoms with E-state index in [0.717, 1.165) is 36.4 Å². The summed E-state index contributed by atoms with van der Waals surface area (Å²) in [5.41, 5.74) is 4.77. The summed E-state index contributed by atoms with van der Waals surface area (Å²) in [6.07, 6.45) is 0. The van der Waals surface area contributed by atoms with Crippen LogP contribution in [0.2, 0.25) is 0 Å². The van der Waals surface area contributed by atoms with Gasteiger partial charge in [-0.2, -0.15) is 0 Å². The molecule has 3 N–H and O–H groups in total. The number of hydrogen-bond donors (Lipinski definition) is 2. The number of nitrogens with two attached hydrogens (primary N) is 1. The number of nitrogen functional groups attached to an aromatic ring is 1. The lowest BCUT2D eigenvalue weighted by molar-refractivity contribution is -0.385. The monoisotopic (exact) mass is 293 g/mol. The molecule has 1 amide bonds. The Labute approximate surface area is 117 Å². The molecule has 0 unspecified atom stereocenters. The number of amides is 1. The molecule has 6 nitrogen and oxygen atoms in total. The number of nitro benzene ring substituents is 1. The fourth-order valence-electron chi connectivity index (χ4n) is 1.69. The van der Waals surface area contributed by atoms with Gasteiger partial charge in [0.15, 0.2) is 0 Å². The molecular weight excluding hydrogens is 284 g/mol. The number of hydrogen-bond acceptors (Lipinski definition) is 4. The zero-order valence-corrected chi connectivity index (χ0v) is 10.5. The van der Waals surface area contributed by atoms with Crippen LogP contribution in [-0.4, -0.2) is 10.8 Å². The van der Waals surface area contributed by atoms with E-state index in [1.165, 1.54) is 0 Å². The van der Waals surface area contributed by atoms with Gasteiger partial charge in [0, 0.05) is 11.8 Å². The summed E-state index contributed by atoms with van der Waals surface area (Å²) in [5.74, 6) is -2.20. The van der Waals surface area contributed by atoms with Gasteiger partial charge in [-0.3, -0.25) is 14.9 Å². The molecular formula is C13H9F2N3O3. The van der Waals surface area contributed by atoms with Crippen molar-refractivity contribution in [1.82, 2.24) is 0 Å². The highest BCUT2D eigenvalue weighted by Crippen LogP contribution is 2.21. The molecule has 0 radical (unpaired) electrons. The minimum Gasteiger partial charge on any atom is -0.398 e. The van der Waals surface area contributed by atoms with Crippen LogP contribution in [0.25, 0.3) is 0 Å². The molecule has 0 atom stereocenters. The Morgan fingerprint density at radius 2 is 1.86 bits per heavy atom. The number of non-ortho nitro benzene ring substituents is 1. The second kappa shape index (κ2) is 5.53. The largest absolute Gasteiger partial charge is 0.398 e. The maximum atomic E-state index is 13.2. The number of nitrogens with one attached hydrogen (secondary N) is 1. The Morgan fingerprint density at radius 1 is 1.14 bits per heavy atom. The van der Waals surface area contributed by atoms with E-state index in [1.54, 1.807) is 0 Å². The van der Waals surface area contributed by atoms with Crippen LogP contribution in [0, 0.1) is 21.7 Å². The molecule has 0 aliphatic carbocycles. The average Bonchev–Trinajstić information content (AvgIpc) is 2.37. The Morgan fingerprint density at radius 3 is 2.48 bits per heavy atom. The number of carbonyl (C=O) groups is 1. The first kappa shape index (κ1) is 14.4. The van der Waals surface area contributed by atoms with Crippen LogP contribution < -0.4 is 11.1 Å². The van der Waals surface area contributed by atoms with E-state index < -0.39 is 28.2 Å². The van der Waals surface area contributed by atoms with Crippen LogP contribution in [0.3, 0.4) is 0 Å². The van der Waals surface area contributed by atoms with Crippen molar-refractivity contribution in [2.75, 3.05) is 11.1 Å². The fourth-order valence-corrected chi connectivity index (χ4v) is 1.69. The summed E-state index contributed by atoms with van der Waals surface area (Å²) in [7, 11) is 0. The summed E-state index contributed by atoms with van der Waals surface area (Å²) < 4.78 is 26.1. The van der Waals surface area contributed by atoms with Gasteiger partial charge in [-0.1, -0.05) is 0 Å². The highest BCUT2D eigenvalue weighted by Gasteiger charge is 2.14. The van der Waals surface area contributed by atoms with Gasteiger partial charge in [0.25, 0.3) is 11.6 Å². The Hall–Kier alpha value is -3.03.